The van der Waals surface area contributed by atoms with Gasteiger partial charge in [-0.3, -0.25) is 0 Å². The van der Waals surface area contributed by atoms with Crippen molar-refractivity contribution < 1.29 is 13.5 Å². The molecule has 0 bridgehead atoms. The Hall–Kier alpha value is -0.210. The maximum Gasteiger partial charge on any atom is 0.216 e. The highest BCUT2D eigenvalue weighted by Gasteiger charge is 2.27. The Kier molecular flexibility index (Phi) is 4.47. The van der Waals surface area contributed by atoms with Crippen LogP contribution in [0.3, 0.4) is 0 Å². The number of sulfonamides is 1. The summed E-state index contributed by atoms with van der Waals surface area (Å²) in [5.41, 5.74) is 5.19. The monoisotopic (exact) mass is 237 g/mol. The summed E-state index contributed by atoms with van der Waals surface area (Å²) in [5, 5.41) is 9.23. The number of likely N-dealkylation sites (N-methyl/N-ethyl adjacent to an activating group) is 1. The van der Waals surface area contributed by atoms with Crippen LogP contribution in [0.25, 0.3) is 0 Å². The summed E-state index contributed by atoms with van der Waals surface area (Å²) in [6.07, 6.45) is -0.963. The van der Waals surface area contributed by atoms with Crippen molar-refractivity contribution in [3.63, 3.8) is 0 Å². The average molecular weight is 237 g/mol. The van der Waals surface area contributed by atoms with Crippen LogP contribution in [0, 0.1) is 0 Å². The minimum absolute atomic E-state index is 0.0209. The van der Waals surface area contributed by atoms with E-state index in [-0.39, 0.29) is 12.3 Å². The predicted molar refractivity (Wildman–Crippen MR) is 57.9 cm³/mol. The van der Waals surface area contributed by atoms with E-state index < -0.39 is 16.1 Å². The number of piperazine rings is 1. The molecule has 1 rings (SSSR count). The van der Waals surface area contributed by atoms with Gasteiger partial charge in [0.15, 0.2) is 0 Å². The number of hydrogen-bond donors (Lipinski definition) is 2. The standard InChI is InChI=1S/C8H19N3O3S/c1-10-2-4-11(5-3-10)15(13,14)7-8(12)6-9/h8,12H,2-7,9H2,1H3. The molecule has 3 N–H and O–H groups in total. The van der Waals surface area contributed by atoms with Crippen LogP contribution in [0.2, 0.25) is 0 Å². The zero-order chi connectivity index (χ0) is 11.5. The lowest BCUT2D eigenvalue weighted by molar-refractivity contribution is 0.195. The molecule has 1 saturated heterocycles. The van der Waals surface area contributed by atoms with Crippen molar-refractivity contribution in [1.29, 1.82) is 0 Å². The van der Waals surface area contributed by atoms with Gasteiger partial charge in [0, 0.05) is 32.7 Å². The minimum Gasteiger partial charge on any atom is -0.391 e. The molecule has 1 atom stereocenters. The van der Waals surface area contributed by atoms with Crippen LogP contribution >= 0.6 is 0 Å². The smallest absolute Gasteiger partial charge is 0.216 e. The largest absolute Gasteiger partial charge is 0.391 e. The molecule has 0 aromatic heterocycles. The number of nitrogens with zero attached hydrogens (tertiary/aromatic N) is 2. The van der Waals surface area contributed by atoms with Crippen molar-refractivity contribution in [2.75, 3.05) is 45.5 Å². The number of aliphatic hydroxyl groups is 1. The maximum absolute atomic E-state index is 11.8. The Morgan fingerprint density at radius 1 is 1.33 bits per heavy atom. The Labute approximate surface area is 90.7 Å². The lowest BCUT2D eigenvalue weighted by atomic mass is 10.4. The van der Waals surface area contributed by atoms with E-state index in [4.69, 9.17) is 5.73 Å². The molecule has 1 aliphatic heterocycles. The van der Waals surface area contributed by atoms with Crippen LogP contribution in [0.15, 0.2) is 0 Å². The molecule has 1 unspecified atom stereocenters. The molecular weight excluding hydrogens is 218 g/mol. The van der Waals surface area contributed by atoms with Gasteiger partial charge in [0.1, 0.15) is 0 Å². The predicted octanol–water partition coefficient (Wildman–Crippen LogP) is -2.12. The highest BCUT2D eigenvalue weighted by molar-refractivity contribution is 7.89. The van der Waals surface area contributed by atoms with Crippen LogP contribution in [-0.2, 0) is 10.0 Å². The van der Waals surface area contributed by atoms with Crippen molar-refractivity contribution in [1.82, 2.24) is 9.21 Å². The van der Waals surface area contributed by atoms with Crippen LogP contribution in [0.1, 0.15) is 0 Å². The first-order valence-corrected chi connectivity index (χ1v) is 6.61. The molecule has 7 heteroatoms. The Morgan fingerprint density at radius 3 is 2.33 bits per heavy atom. The third kappa shape index (κ3) is 3.69. The van der Waals surface area contributed by atoms with Crippen molar-refractivity contribution >= 4 is 10.0 Å². The molecule has 90 valence electrons. The fourth-order valence-electron chi connectivity index (χ4n) is 1.48. The van der Waals surface area contributed by atoms with E-state index in [2.05, 4.69) is 4.90 Å². The van der Waals surface area contributed by atoms with Gasteiger partial charge in [-0.25, -0.2) is 8.42 Å². The second-order valence-electron chi connectivity index (χ2n) is 3.87. The number of rotatable bonds is 4. The molecule has 6 nitrogen and oxygen atoms in total. The van der Waals surface area contributed by atoms with Gasteiger partial charge < -0.3 is 15.7 Å². The SMILES string of the molecule is CN1CCN(S(=O)(=O)CC(O)CN)CC1. The van der Waals surface area contributed by atoms with Crippen LogP contribution in [0.4, 0.5) is 0 Å². The zero-order valence-corrected chi connectivity index (χ0v) is 9.78. The molecule has 0 aliphatic carbocycles. The fourth-order valence-corrected chi connectivity index (χ4v) is 3.04. The van der Waals surface area contributed by atoms with E-state index in [0.717, 1.165) is 13.1 Å². The number of nitrogens with two attached hydrogens (primary N) is 1. The molecule has 15 heavy (non-hydrogen) atoms. The van der Waals surface area contributed by atoms with Crippen molar-refractivity contribution in [3.05, 3.63) is 0 Å². The topological polar surface area (TPSA) is 86.9 Å². The molecule has 0 spiro atoms. The summed E-state index contributed by atoms with van der Waals surface area (Å²) in [6, 6.07) is 0. The first kappa shape index (κ1) is 12.9. The average Bonchev–Trinajstić information content (AvgIpc) is 2.17. The van der Waals surface area contributed by atoms with Gasteiger partial charge in [-0.05, 0) is 7.05 Å². The fraction of sp³-hybridized carbons (Fsp3) is 1.00. The molecule has 0 radical (unpaired) electrons. The van der Waals surface area contributed by atoms with Gasteiger partial charge in [0.2, 0.25) is 10.0 Å². The lowest BCUT2D eigenvalue weighted by Gasteiger charge is -2.31. The summed E-state index contributed by atoms with van der Waals surface area (Å²) < 4.78 is 24.9. The van der Waals surface area contributed by atoms with Crippen LogP contribution in [-0.4, -0.2) is 74.4 Å². The van der Waals surface area contributed by atoms with E-state index in [9.17, 15) is 13.5 Å². The molecule has 1 heterocycles. The third-order valence-electron chi connectivity index (χ3n) is 2.53. The number of aliphatic hydroxyl groups excluding tert-OH is 1. The van der Waals surface area contributed by atoms with Crippen molar-refractivity contribution in [2.24, 2.45) is 5.73 Å². The van der Waals surface area contributed by atoms with Crippen molar-refractivity contribution in [2.45, 2.75) is 6.10 Å². The van der Waals surface area contributed by atoms with E-state index in [0.29, 0.717) is 13.1 Å². The highest BCUT2D eigenvalue weighted by atomic mass is 32.2. The molecular formula is C8H19N3O3S. The summed E-state index contributed by atoms with van der Waals surface area (Å²) in [6.45, 7) is 2.44. The van der Waals surface area contributed by atoms with Gasteiger partial charge in [-0.2, -0.15) is 4.31 Å². The van der Waals surface area contributed by atoms with Crippen molar-refractivity contribution in [3.8, 4) is 0 Å². The Bertz CT molecular complexity index is 286. The van der Waals surface area contributed by atoms with Gasteiger partial charge in [-0.1, -0.05) is 0 Å². The molecule has 0 amide bonds. The summed E-state index contributed by atoms with van der Waals surface area (Å²) in [5.74, 6) is -0.271. The van der Waals surface area contributed by atoms with Crippen LogP contribution < -0.4 is 5.73 Å². The molecule has 1 aliphatic rings. The zero-order valence-electron chi connectivity index (χ0n) is 8.96. The van der Waals surface area contributed by atoms with Gasteiger partial charge >= 0.3 is 0 Å². The second-order valence-corrected chi connectivity index (χ2v) is 5.88. The maximum atomic E-state index is 11.8. The van der Waals surface area contributed by atoms with E-state index in [1.807, 2.05) is 7.05 Å². The molecule has 0 aromatic carbocycles. The number of hydrogen-bond acceptors (Lipinski definition) is 5. The van der Waals surface area contributed by atoms with Crippen LogP contribution in [0.5, 0.6) is 0 Å². The molecule has 0 aromatic rings. The quantitative estimate of drug-likeness (QED) is 0.584. The van der Waals surface area contributed by atoms with E-state index in [1.54, 1.807) is 0 Å². The van der Waals surface area contributed by atoms with Gasteiger partial charge in [-0.15, -0.1) is 0 Å². The third-order valence-corrected chi connectivity index (χ3v) is 4.49. The second kappa shape index (κ2) is 5.22. The lowest BCUT2D eigenvalue weighted by Crippen LogP contribution is -2.49. The summed E-state index contributed by atoms with van der Waals surface area (Å²) in [4.78, 5) is 2.07. The molecule has 0 saturated carbocycles. The molecule has 1 fully saturated rings. The Morgan fingerprint density at radius 2 is 1.87 bits per heavy atom. The first-order chi connectivity index (χ1) is 6.95. The summed E-state index contributed by atoms with van der Waals surface area (Å²) >= 11 is 0. The van der Waals surface area contributed by atoms with Gasteiger partial charge in [0.05, 0.1) is 11.9 Å². The first-order valence-electron chi connectivity index (χ1n) is 5.00. The Balaban J connectivity index is 2.54. The van der Waals surface area contributed by atoms with Gasteiger partial charge in [0.25, 0.3) is 0 Å². The van der Waals surface area contributed by atoms with E-state index in [1.165, 1.54) is 4.31 Å². The highest BCUT2D eigenvalue weighted by Crippen LogP contribution is 2.07. The minimum atomic E-state index is -3.34. The van der Waals surface area contributed by atoms with E-state index >= 15 is 0 Å². The summed E-state index contributed by atoms with van der Waals surface area (Å²) in [7, 11) is -1.38. The normalized spacial score (nSPS) is 22.9.